The van der Waals surface area contributed by atoms with E-state index in [0.717, 1.165) is 37.2 Å². The summed E-state index contributed by atoms with van der Waals surface area (Å²) in [6.07, 6.45) is 0.646. The standard InChI is InChI=1S/C14H20N2O2/c1-15(2)14(18)12-5-3-4-11(8-12)9-16-7-6-13(17)10-16/h3-5,8,13,17H,6-7,9-10H2,1-2H3/t13-/m0/s1. The maximum Gasteiger partial charge on any atom is 0.253 e. The van der Waals surface area contributed by atoms with Gasteiger partial charge in [-0.25, -0.2) is 0 Å². The Balaban J connectivity index is 2.05. The first-order valence-corrected chi connectivity index (χ1v) is 6.27. The minimum atomic E-state index is -0.198. The number of aliphatic hydroxyl groups excluding tert-OH is 1. The first-order valence-electron chi connectivity index (χ1n) is 6.27. The predicted molar refractivity (Wildman–Crippen MR) is 70.4 cm³/mol. The zero-order chi connectivity index (χ0) is 13.1. The van der Waals surface area contributed by atoms with Crippen molar-refractivity contribution in [2.75, 3.05) is 27.2 Å². The van der Waals surface area contributed by atoms with E-state index in [1.54, 1.807) is 19.0 Å². The van der Waals surface area contributed by atoms with Gasteiger partial charge < -0.3 is 10.0 Å². The van der Waals surface area contributed by atoms with Crippen LogP contribution >= 0.6 is 0 Å². The minimum Gasteiger partial charge on any atom is -0.392 e. The van der Waals surface area contributed by atoms with Crippen molar-refractivity contribution in [3.05, 3.63) is 35.4 Å². The van der Waals surface area contributed by atoms with Crippen molar-refractivity contribution in [2.45, 2.75) is 19.1 Å². The minimum absolute atomic E-state index is 0.0262. The fourth-order valence-corrected chi connectivity index (χ4v) is 2.27. The number of aliphatic hydroxyl groups is 1. The molecule has 0 bridgehead atoms. The summed E-state index contributed by atoms with van der Waals surface area (Å²) >= 11 is 0. The summed E-state index contributed by atoms with van der Waals surface area (Å²) in [6.45, 7) is 2.45. The number of nitrogens with zero attached hydrogens (tertiary/aromatic N) is 2. The van der Waals surface area contributed by atoms with E-state index in [1.165, 1.54) is 0 Å². The van der Waals surface area contributed by atoms with Crippen LogP contribution in [-0.4, -0.2) is 54.1 Å². The maximum atomic E-state index is 11.9. The smallest absolute Gasteiger partial charge is 0.253 e. The van der Waals surface area contributed by atoms with Gasteiger partial charge in [-0.2, -0.15) is 0 Å². The van der Waals surface area contributed by atoms with Gasteiger partial charge in [0.1, 0.15) is 0 Å². The van der Waals surface area contributed by atoms with Crippen LogP contribution in [0.2, 0.25) is 0 Å². The normalized spacial score (nSPS) is 20.1. The summed E-state index contributed by atoms with van der Waals surface area (Å²) < 4.78 is 0. The largest absolute Gasteiger partial charge is 0.392 e. The molecule has 1 amide bonds. The molecule has 1 saturated heterocycles. The average molecular weight is 248 g/mol. The Morgan fingerprint density at radius 1 is 1.50 bits per heavy atom. The molecule has 4 heteroatoms. The van der Waals surface area contributed by atoms with Gasteiger partial charge in [-0.05, 0) is 24.1 Å². The second-order valence-corrected chi connectivity index (χ2v) is 5.08. The molecule has 4 nitrogen and oxygen atoms in total. The van der Waals surface area contributed by atoms with E-state index in [1.807, 2.05) is 24.3 Å². The van der Waals surface area contributed by atoms with Crippen molar-refractivity contribution in [1.29, 1.82) is 0 Å². The van der Waals surface area contributed by atoms with E-state index >= 15 is 0 Å². The number of hydrogen-bond acceptors (Lipinski definition) is 3. The highest BCUT2D eigenvalue weighted by atomic mass is 16.3. The third-order valence-electron chi connectivity index (χ3n) is 3.23. The number of benzene rings is 1. The van der Waals surface area contributed by atoms with Gasteiger partial charge in [0.05, 0.1) is 6.10 Å². The summed E-state index contributed by atoms with van der Waals surface area (Å²) in [5.74, 6) is 0.0262. The van der Waals surface area contributed by atoms with Crippen molar-refractivity contribution >= 4 is 5.91 Å². The molecule has 0 spiro atoms. The third kappa shape index (κ3) is 3.09. The van der Waals surface area contributed by atoms with Crippen LogP contribution in [0.25, 0.3) is 0 Å². The van der Waals surface area contributed by atoms with Crippen LogP contribution in [0.15, 0.2) is 24.3 Å². The summed E-state index contributed by atoms with van der Waals surface area (Å²) in [6, 6.07) is 7.72. The Morgan fingerprint density at radius 2 is 2.28 bits per heavy atom. The fourth-order valence-electron chi connectivity index (χ4n) is 2.27. The second-order valence-electron chi connectivity index (χ2n) is 5.08. The Bertz CT molecular complexity index is 432. The van der Waals surface area contributed by atoms with Gasteiger partial charge in [-0.15, -0.1) is 0 Å². The lowest BCUT2D eigenvalue weighted by molar-refractivity contribution is 0.0827. The van der Waals surface area contributed by atoms with Crippen molar-refractivity contribution in [3.63, 3.8) is 0 Å². The zero-order valence-corrected chi connectivity index (χ0v) is 11.0. The van der Waals surface area contributed by atoms with Crippen LogP contribution in [0, 0.1) is 0 Å². The second kappa shape index (κ2) is 5.50. The van der Waals surface area contributed by atoms with Gasteiger partial charge in [0.15, 0.2) is 0 Å². The molecule has 1 aromatic carbocycles. The summed E-state index contributed by atoms with van der Waals surface area (Å²) in [5.41, 5.74) is 1.84. The Hall–Kier alpha value is -1.39. The van der Waals surface area contributed by atoms with E-state index in [2.05, 4.69) is 4.90 Å². The highest BCUT2D eigenvalue weighted by molar-refractivity contribution is 5.94. The lowest BCUT2D eigenvalue weighted by atomic mass is 10.1. The predicted octanol–water partition coefficient (Wildman–Crippen LogP) is 0.955. The molecule has 1 heterocycles. The Kier molecular flexibility index (Phi) is 3.99. The quantitative estimate of drug-likeness (QED) is 0.866. The molecule has 0 aliphatic carbocycles. The van der Waals surface area contributed by atoms with E-state index in [4.69, 9.17) is 0 Å². The van der Waals surface area contributed by atoms with Gasteiger partial charge in [-0.3, -0.25) is 9.69 Å². The molecule has 1 aliphatic rings. The molecule has 18 heavy (non-hydrogen) atoms. The Morgan fingerprint density at radius 3 is 2.89 bits per heavy atom. The zero-order valence-electron chi connectivity index (χ0n) is 11.0. The number of rotatable bonds is 3. The maximum absolute atomic E-state index is 11.9. The number of β-amino-alcohol motifs (C(OH)–C–C–N with tert-alkyl or cyclic N) is 1. The molecule has 0 aromatic heterocycles. The monoisotopic (exact) mass is 248 g/mol. The number of likely N-dealkylation sites (tertiary alicyclic amines) is 1. The first-order chi connectivity index (χ1) is 8.56. The van der Waals surface area contributed by atoms with E-state index in [0.29, 0.717) is 0 Å². The van der Waals surface area contributed by atoms with Gasteiger partial charge >= 0.3 is 0 Å². The lowest BCUT2D eigenvalue weighted by Crippen LogP contribution is -2.23. The van der Waals surface area contributed by atoms with Crippen molar-refractivity contribution in [1.82, 2.24) is 9.80 Å². The van der Waals surface area contributed by atoms with E-state index in [9.17, 15) is 9.90 Å². The van der Waals surface area contributed by atoms with Crippen LogP contribution in [-0.2, 0) is 6.54 Å². The molecular weight excluding hydrogens is 228 g/mol. The van der Waals surface area contributed by atoms with E-state index < -0.39 is 0 Å². The summed E-state index contributed by atoms with van der Waals surface area (Å²) in [4.78, 5) is 15.7. The van der Waals surface area contributed by atoms with E-state index in [-0.39, 0.29) is 12.0 Å². The molecule has 2 rings (SSSR count). The SMILES string of the molecule is CN(C)C(=O)c1cccc(CN2CC[C@H](O)C2)c1. The highest BCUT2D eigenvalue weighted by Crippen LogP contribution is 2.14. The van der Waals surface area contributed by atoms with Crippen LogP contribution in [0.5, 0.6) is 0 Å². The Labute approximate surface area is 108 Å². The van der Waals surface area contributed by atoms with Gasteiger partial charge in [0.2, 0.25) is 0 Å². The number of hydrogen-bond donors (Lipinski definition) is 1. The van der Waals surface area contributed by atoms with Crippen LogP contribution in [0.4, 0.5) is 0 Å². The number of carbonyl (C=O) groups is 1. The lowest BCUT2D eigenvalue weighted by Gasteiger charge is -2.16. The van der Waals surface area contributed by atoms with Crippen molar-refractivity contribution in [3.8, 4) is 0 Å². The number of carbonyl (C=O) groups excluding carboxylic acids is 1. The summed E-state index contributed by atoms with van der Waals surface area (Å²) in [5, 5.41) is 9.49. The van der Waals surface area contributed by atoms with Crippen LogP contribution < -0.4 is 0 Å². The van der Waals surface area contributed by atoms with Gasteiger partial charge in [0.25, 0.3) is 5.91 Å². The number of amides is 1. The van der Waals surface area contributed by atoms with Crippen LogP contribution in [0.3, 0.4) is 0 Å². The van der Waals surface area contributed by atoms with Crippen LogP contribution in [0.1, 0.15) is 22.3 Å². The molecule has 1 fully saturated rings. The highest BCUT2D eigenvalue weighted by Gasteiger charge is 2.20. The van der Waals surface area contributed by atoms with Gasteiger partial charge in [-0.1, -0.05) is 12.1 Å². The first kappa shape index (κ1) is 13.1. The molecule has 0 unspecified atom stereocenters. The molecular formula is C14H20N2O2. The molecule has 98 valence electrons. The molecule has 1 N–H and O–H groups in total. The molecule has 1 atom stereocenters. The van der Waals surface area contributed by atoms with Crippen molar-refractivity contribution < 1.29 is 9.90 Å². The average Bonchev–Trinajstić information content (AvgIpc) is 2.74. The molecule has 1 aromatic rings. The molecule has 0 saturated carbocycles. The molecule has 0 radical (unpaired) electrons. The fraction of sp³-hybridized carbons (Fsp3) is 0.500. The van der Waals surface area contributed by atoms with Gasteiger partial charge in [0, 0.05) is 39.3 Å². The third-order valence-corrected chi connectivity index (χ3v) is 3.23. The summed E-state index contributed by atoms with van der Waals surface area (Å²) in [7, 11) is 3.51. The topological polar surface area (TPSA) is 43.8 Å². The van der Waals surface area contributed by atoms with Crippen molar-refractivity contribution in [2.24, 2.45) is 0 Å². The molecule has 1 aliphatic heterocycles.